The summed E-state index contributed by atoms with van der Waals surface area (Å²) >= 11 is 0. The van der Waals surface area contributed by atoms with Gasteiger partial charge in [0.2, 0.25) is 5.91 Å². The molecule has 0 saturated carbocycles. The molecule has 0 bridgehead atoms. The van der Waals surface area contributed by atoms with Crippen LogP contribution in [0.1, 0.15) is 0 Å². The van der Waals surface area contributed by atoms with Crippen LogP contribution in [0.25, 0.3) is 0 Å². The van der Waals surface area contributed by atoms with E-state index < -0.39 is 0 Å². The van der Waals surface area contributed by atoms with Crippen LogP contribution in [0.4, 0.5) is 15.8 Å². The minimum atomic E-state index is -0.214. The first-order valence-corrected chi connectivity index (χ1v) is 8.84. The zero-order valence-electron chi connectivity index (χ0n) is 15.6. The van der Waals surface area contributed by atoms with E-state index in [1.165, 1.54) is 6.07 Å². The Hall–Kier alpha value is -2.80. The second-order valence-electron chi connectivity index (χ2n) is 6.33. The summed E-state index contributed by atoms with van der Waals surface area (Å²) in [5.74, 6) is 0.882. The number of carbonyl (C=O) groups is 1. The first kappa shape index (κ1) is 19.0. The van der Waals surface area contributed by atoms with Crippen LogP contribution in [0.5, 0.6) is 11.5 Å². The molecule has 144 valence electrons. The number of amides is 1. The number of nitrogens with one attached hydrogen (secondary N) is 1. The van der Waals surface area contributed by atoms with Gasteiger partial charge in [-0.25, -0.2) is 4.39 Å². The minimum absolute atomic E-state index is 0.124. The van der Waals surface area contributed by atoms with Crippen LogP contribution in [-0.4, -0.2) is 57.8 Å². The van der Waals surface area contributed by atoms with E-state index in [0.29, 0.717) is 49.1 Å². The van der Waals surface area contributed by atoms with E-state index in [1.807, 2.05) is 11.0 Å². The van der Waals surface area contributed by atoms with Gasteiger partial charge in [-0.3, -0.25) is 9.69 Å². The fraction of sp³-hybridized carbons (Fsp3) is 0.350. The van der Waals surface area contributed by atoms with Crippen molar-refractivity contribution in [2.75, 3.05) is 57.2 Å². The lowest BCUT2D eigenvalue weighted by molar-refractivity contribution is -0.117. The molecule has 0 spiro atoms. The number of para-hydroxylation sites is 1. The Morgan fingerprint density at radius 3 is 2.48 bits per heavy atom. The number of ether oxygens (including phenoxy) is 2. The highest BCUT2D eigenvalue weighted by Crippen LogP contribution is 2.29. The fourth-order valence-corrected chi connectivity index (χ4v) is 3.16. The first-order chi connectivity index (χ1) is 13.1. The fourth-order valence-electron chi connectivity index (χ4n) is 3.16. The molecule has 0 aromatic heterocycles. The normalized spacial score (nSPS) is 14.7. The second kappa shape index (κ2) is 8.73. The van der Waals surface area contributed by atoms with Crippen LogP contribution in [0.15, 0.2) is 42.5 Å². The number of hydrogen-bond acceptors (Lipinski definition) is 5. The van der Waals surface area contributed by atoms with E-state index in [2.05, 4.69) is 10.2 Å². The average Bonchev–Trinajstić information content (AvgIpc) is 2.69. The number of rotatable bonds is 6. The smallest absolute Gasteiger partial charge is 0.238 e. The summed E-state index contributed by atoms with van der Waals surface area (Å²) in [6, 6.07) is 12.0. The lowest BCUT2D eigenvalue weighted by Crippen LogP contribution is -2.48. The summed E-state index contributed by atoms with van der Waals surface area (Å²) in [6.07, 6.45) is 0. The van der Waals surface area contributed by atoms with E-state index in [0.717, 1.165) is 0 Å². The molecule has 1 saturated heterocycles. The molecule has 0 aliphatic carbocycles. The summed E-state index contributed by atoms with van der Waals surface area (Å²) in [7, 11) is 3.13. The predicted octanol–water partition coefficient (Wildman–Crippen LogP) is 2.60. The Kier molecular flexibility index (Phi) is 6.13. The van der Waals surface area contributed by atoms with Crippen molar-refractivity contribution >= 4 is 17.3 Å². The van der Waals surface area contributed by atoms with Crippen molar-refractivity contribution in [3.05, 3.63) is 48.3 Å². The summed E-state index contributed by atoms with van der Waals surface area (Å²) in [6.45, 7) is 3.01. The van der Waals surface area contributed by atoms with E-state index in [-0.39, 0.29) is 18.3 Å². The maximum Gasteiger partial charge on any atom is 0.238 e. The van der Waals surface area contributed by atoms with Gasteiger partial charge in [0, 0.05) is 32.2 Å². The van der Waals surface area contributed by atoms with Gasteiger partial charge < -0.3 is 19.7 Å². The van der Waals surface area contributed by atoms with E-state index >= 15 is 0 Å². The molecule has 1 aliphatic rings. The van der Waals surface area contributed by atoms with Crippen LogP contribution < -0.4 is 19.7 Å². The van der Waals surface area contributed by atoms with Gasteiger partial charge in [0.1, 0.15) is 17.3 Å². The van der Waals surface area contributed by atoms with Crippen LogP contribution in [-0.2, 0) is 4.79 Å². The number of hydrogen-bond donors (Lipinski definition) is 1. The van der Waals surface area contributed by atoms with Gasteiger partial charge in [-0.1, -0.05) is 12.1 Å². The minimum Gasteiger partial charge on any atom is -0.497 e. The van der Waals surface area contributed by atoms with Crippen LogP contribution in [0, 0.1) is 5.82 Å². The topological polar surface area (TPSA) is 54.0 Å². The Balaban J connectivity index is 1.55. The van der Waals surface area contributed by atoms with Crippen molar-refractivity contribution < 1.29 is 18.7 Å². The van der Waals surface area contributed by atoms with Crippen molar-refractivity contribution in [2.24, 2.45) is 0 Å². The van der Waals surface area contributed by atoms with Gasteiger partial charge >= 0.3 is 0 Å². The van der Waals surface area contributed by atoms with Crippen molar-refractivity contribution in [2.45, 2.75) is 0 Å². The molecular weight excluding hydrogens is 349 g/mol. The van der Waals surface area contributed by atoms with Crippen LogP contribution in [0.2, 0.25) is 0 Å². The number of halogens is 1. The summed E-state index contributed by atoms with van der Waals surface area (Å²) in [5, 5.41) is 2.88. The number of methoxy groups -OCH3 is 2. The molecule has 3 rings (SSSR count). The highest BCUT2D eigenvalue weighted by Gasteiger charge is 2.21. The number of carbonyl (C=O) groups excluding carboxylic acids is 1. The molecule has 6 nitrogen and oxygen atoms in total. The molecule has 1 aliphatic heterocycles. The zero-order chi connectivity index (χ0) is 19.2. The second-order valence-corrected chi connectivity index (χ2v) is 6.33. The van der Waals surface area contributed by atoms with Crippen molar-refractivity contribution in [3.63, 3.8) is 0 Å². The molecule has 1 fully saturated rings. The van der Waals surface area contributed by atoms with Crippen LogP contribution in [0.3, 0.4) is 0 Å². The molecule has 2 aromatic rings. The van der Waals surface area contributed by atoms with E-state index in [1.54, 1.807) is 44.6 Å². The quantitative estimate of drug-likeness (QED) is 0.844. The Labute approximate surface area is 158 Å². The van der Waals surface area contributed by atoms with Gasteiger partial charge in [-0.15, -0.1) is 0 Å². The third kappa shape index (κ3) is 4.68. The average molecular weight is 373 g/mol. The summed E-state index contributed by atoms with van der Waals surface area (Å²) < 4.78 is 24.4. The molecular formula is C20H24FN3O3. The Bertz CT molecular complexity index is 792. The van der Waals surface area contributed by atoms with Crippen molar-refractivity contribution in [1.82, 2.24) is 4.90 Å². The monoisotopic (exact) mass is 373 g/mol. The lowest BCUT2D eigenvalue weighted by atomic mass is 10.2. The number of nitrogens with zero attached hydrogens (tertiary/aromatic N) is 2. The Morgan fingerprint density at radius 2 is 1.81 bits per heavy atom. The highest BCUT2D eigenvalue weighted by molar-refractivity contribution is 5.94. The summed E-state index contributed by atoms with van der Waals surface area (Å²) in [4.78, 5) is 16.5. The largest absolute Gasteiger partial charge is 0.497 e. The van der Waals surface area contributed by atoms with Gasteiger partial charge in [-0.05, 0) is 24.3 Å². The number of piperazine rings is 1. The molecule has 7 heteroatoms. The predicted molar refractivity (Wildman–Crippen MR) is 103 cm³/mol. The molecule has 27 heavy (non-hydrogen) atoms. The molecule has 1 N–H and O–H groups in total. The lowest BCUT2D eigenvalue weighted by Gasteiger charge is -2.35. The first-order valence-electron chi connectivity index (χ1n) is 8.84. The summed E-state index contributed by atoms with van der Waals surface area (Å²) in [5.41, 5.74) is 1.19. The Morgan fingerprint density at radius 1 is 1.07 bits per heavy atom. The number of anilines is 2. The van der Waals surface area contributed by atoms with Gasteiger partial charge in [0.05, 0.1) is 32.1 Å². The molecule has 1 amide bonds. The van der Waals surface area contributed by atoms with E-state index in [9.17, 15) is 9.18 Å². The molecule has 1 heterocycles. The van der Waals surface area contributed by atoms with Gasteiger partial charge in [0.15, 0.2) is 0 Å². The third-order valence-electron chi connectivity index (χ3n) is 4.61. The highest BCUT2D eigenvalue weighted by atomic mass is 19.1. The standard InChI is InChI=1S/C20H24FN3O3/c1-26-15-7-8-19(27-2)17(13-15)22-20(25)14-23-9-11-24(12-10-23)18-6-4-3-5-16(18)21/h3-8,13H,9-12,14H2,1-2H3,(H,22,25). The molecule has 2 aromatic carbocycles. The van der Waals surface area contributed by atoms with Gasteiger partial charge in [-0.2, -0.15) is 0 Å². The molecule has 0 unspecified atom stereocenters. The molecule has 0 atom stereocenters. The van der Waals surface area contributed by atoms with Crippen molar-refractivity contribution in [3.8, 4) is 11.5 Å². The SMILES string of the molecule is COc1ccc(OC)c(NC(=O)CN2CCN(c3ccccc3F)CC2)c1. The number of benzene rings is 2. The van der Waals surface area contributed by atoms with Crippen molar-refractivity contribution in [1.29, 1.82) is 0 Å². The zero-order valence-corrected chi connectivity index (χ0v) is 15.6. The maximum atomic E-state index is 13.9. The van der Waals surface area contributed by atoms with Gasteiger partial charge in [0.25, 0.3) is 0 Å². The maximum absolute atomic E-state index is 13.9. The molecule has 0 radical (unpaired) electrons. The van der Waals surface area contributed by atoms with E-state index in [4.69, 9.17) is 9.47 Å². The third-order valence-corrected chi connectivity index (χ3v) is 4.61. The van der Waals surface area contributed by atoms with Crippen LogP contribution >= 0.6 is 0 Å².